The van der Waals surface area contributed by atoms with E-state index in [0.717, 1.165) is 55.0 Å². The molecule has 140 valence electrons. The van der Waals surface area contributed by atoms with Crippen molar-refractivity contribution >= 4 is 22.4 Å². The molecule has 0 aromatic carbocycles. The van der Waals surface area contributed by atoms with Crippen LogP contribution in [0.1, 0.15) is 45.4 Å². The summed E-state index contributed by atoms with van der Waals surface area (Å²) in [6.45, 7) is 4.00. The Balaban J connectivity index is 1.36. The standard InChI is InChI=1S/C19H27N5OS/c1-14-6-8-16(9-7-14)20-17(25)15-5-4-12-24(13-15)19-22-21-18(26-19)23-10-2-3-11-23/h2-3,10-11,14-16H,4-9,12-13H2,1H3,(H,20,25). The first-order valence-corrected chi connectivity index (χ1v) is 10.5. The second-order valence-corrected chi connectivity index (χ2v) is 8.64. The number of nitrogens with one attached hydrogen (secondary N) is 1. The van der Waals surface area contributed by atoms with Crippen LogP contribution in [0.5, 0.6) is 0 Å². The van der Waals surface area contributed by atoms with Gasteiger partial charge in [0.1, 0.15) is 0 Å². The van der Waals surface area contributed by atoms with Gasteiger partial charge in [-0.2, -0.15) is 0 Å². The molecule has 1 N–H and O–H groups in total. The number of piperidine rings is 1. The third kappa shape index (κ3) is 3.92. The van der Waals surface area contributed by atoms with Gasteiger partial charge in [-0.15, -0.1) is 10.2 Å². The molecule has 0 radical (unpaired) electrons. The highest BCUT2D eigenvalue weighted by atomic mass is 32.1. The Bertz CT molecular complexity index is 720. The number of rotatable bonds is 4. The van der Waals surface area contributed by atoms with Crippen LogP contribution in [0, 0.1) is 11.8 Å². The zero-order valence-corrected chi connectivity index (χ0v) is 16.1. The molecule has 1 unspecified atom stereocenters. The minimum atomic E-state index is 0.0574. The number of carbonyl (C=O) groups is 1. The van der Waals surface area contributed by atoms with Crippen molar-refractivity contribution in [1.82, 2.24) is 20.1 Å². The highest BCUT2D eigenvalue weighted by Gasteiger charge is 2.29. The van der Waals surface area contributed by atoms with E-state index in [2.05, 4.69) is 27.3 Å². The molecule has 4 rings (SSSR count). The Morgan fingerprint density at radius 3 is 2.62 bits per heavy atom. The van der Waals surface area contributed by atoms with E-state index in [1.165, 1.54) is 12.8 Å². The third-order valence-electron chi connectivity index (χ3n) is 5.65. The average Bonchev–Trinajstić information content (AvgIpc) is 3.35. The molecule has 2 fully saturated rings. The van der Waals surface area contributed by atoms with Crippen molar-refractivity contribution in [2.45, 2.75) is 51.5 Å². The molecular weight excluding hydrogens is 346 g/mol. The molecule has 1 saturated carbocycles. The van der Waals surface area contributed by atoms with Gasteiger partial charge in [-0.1, -0.05) is 18.3 Å². The molecule has 26 heavy (non-hydrogen) atoms. The molecule has 1 aliphatic heterocycles. The zero-order valence-electron chi connectivity index (χ0n) is 15.3. The molecule has 0 spiro atoms. The topological polar surface area (TPSA) is 63.1 Å². The van der Waals surface area contributed by atoms with E-state index in [-0.39, 0.29) is 11.8 Å². The summed E-state index contributed by atoms with van der Waals surface area (Å²) in [5.41, 5.74) is 0. The lowest BCUT2D eigenvalue weighted by Gasteiger charge is -2.33. The van der Waals surface area contributed by atoms with Crippen molar-refractivity contribution in [1.29, 1.82) is 0 Å². The number of hydrogen-bond acceptors (Lipinski definition) is 5. The molecule has 2 aromatic heterocycles. The molecule has 1 aliphatic carbocycles. The van der Waals surface area contributed by atoms with Gasteiger partial charge in [0.25, 0.3) is 0 Å². The number of carbonyl (C=O) groups excluding carboxylic acids is 1. The fraction of sp³-hybridized carbons (Fsp3) is 0.632. The smallest absolute Gasteiger partial charge is 0.225 e. The lowest BCUT2D eigenvalue weighted by molar-refractivity contribution is -0.126. The maximum absolute atomic E-state index is 12.7. The average molecular weight is 374 g/mol. The van der Waals surface area contributed by atoms with Crippen molar-refractivity contribution in [3.63, 3.8) is 0 Å². The molecular formula is C19H27N5OS. The van der Waals surface area contributed by atoms with Crippen LogP contribution >= 0.6 is 11.3 Å². The number of aromatic nitrogens is 3. The minimum absolute atomic E-state index is 0.0574. The fourth-order valence-electron chi connectivity index (χ4n) is 3.99. The second-order valence-electron chi connectivity index (χ2n) is 7.71. The maximum atomic E-state index is 12.7. The normalized spacial score (nSPS) is 26.7. The highest BCUT2D eigenvalue weighted by Crippen LogP contribution is 2.29. The van der Waals surface area contributed by atoms with Gasteiger partial charge in [-0.25, -0.2) is 0 Å². The summed E-state index contributed by atoms with van der Waals surface area (Å²) in [5, 5.41) is 13.7. The van der Waals surface area contributed by atoms with Crippen LogP contribution < -0.4 is 10.2 Å². The monoisotopic (exact) mass is 373 g/mol. The van der Waals surface area contributed by atoms with Crippen molar-refractivity contribution in [3.8, 4) is 5.13 Å². The Morgan fingerprint density at radius 1 is 1.12 bits per heavy atom. The van der Waals surface area contributed by atoms with Crippen LogP contribution in [-0.2, 0) is 4.79 Å². The van der Waals surface area contributed by atoms with Crippen LogP contribution in [0.3, 0.4) is 0 Å². The lowest BCUT2D eigenvalue weighted by atomic mass is 9.87. The summed E-state index contributed by atoms with van der Waals surface area (Å²) in [7, 11) is 0. The minimum Gasteiger partial charge on any atom is -0.353 e. The predicted molar refractivity (Wildman–Crippen MR) is 104 cm³/mol. The highest BCUT2D eigenvalue weighted by molar-refractivity contribution is 7.17. The van der Waals surface area contributed by atoms with Gasteiger partial charge in [0.05, 0.1) is 5.92 Å². The first-order chi connectivity index (χ1) is 12.7. The number of amides is 1. The quantitative estimate of drug-likeness (QED) is 0.894. The Morgan fingerprint density at radius 2 is 1.85 bits per heavy atom. The predicted octanol–water partition coefficient (Wildman–Crippen LogP) is 3.24. The molecule has 1 saturated heterocycles. The maximum Gasteiger partial charge on any atom is 0.225 e. The van der Waals surface area contributed by atoms with Crippen molar-refractivity contribution in [2.75, 3.05) is 18.0 Å². The van der Waals surface area contributed by atoms with Crippen LogP contribution in [-0.4, -0.2) is 39.8 Å². The zero-order chi connectivity index (χ0) is 17.9. The Kier molecular flexibility index (Phi) is 5.24. The van der Waals surface area contributed by atoms with E-state index in [1.54, 1.807) is 11.3 Å². The van der Waals surface area contributed by atoms with Gasteiger partial charge in [0.15, 0.2) is 0 Å². The Hall–Kier alpha value is -1.89. The fourth-order valence-corrected chi connectivity index (χ4v) is 4.84. The first kappa shape index (κ1) is 17.5. The van der Waals surface area contributed by atoms with Crippen molar-refractivity contribution in [2.24, 2.45) is 11.8 Å². The molecule has 2 aliphatic rings. The molecule has 3 heterocycles. The number of anilines is 1. The van der Waals surface area contributed by atoms with Crippen LogP contribution in [0.15, 0.2) is 24.5 Å². The van der Waals surface area contributed by atoms with Gasteiger partial charge in [-0.05, 0) is 56.6 Å². The lowest BCUT2D eigenvalue weighted by Crippen LogP contribution is -2.46. The summed E-state index contributed by atoms with van der Waals surface area (Å²) < 4.78 is 1.97. The summed E-state index contributed by atoms with van der Waals surface area (Å²) >= 11 is 1.58. The summed E-state index contributed by atoms with van der Waals surface area (Å²) in [5.74, 6) is 1.09. The molecule has 7 heteroatoms. The molecule has 0 bridgehead atoms. The second kappa shape index (κ2) is 7.78. The van der Waals surface area contributed by atoms with Crippen molar-refractivity contribution < 1.29 is 4.79 Å². The van der Waals surface area contributed by atoms with Gasteiger partial charge in [0, 0.05) is 31.5 Å². The largest absolute Gasteiger partial charge is 0.353 e. The van der Waals surface area contributed by atoms with E-state index >= 15 is 0 Å². The summed E-state index contributed by atoms with van der Waals surface area (Å²) in [6, 6.07) is 4.33. The third-order valence-corrected chi connectivity index (χ3v) is 6.65. The molecule has 1 amide bonds. The number of hydrogen-bond donors (Lipinski definition) is 1. The van der Waals surface area contributed by atoms with E-state index < -0.39 is 0 Å². The van der Waals surface area contributed by atoms with Gasteiger partial charge in [-0.3, -0.25) is 9.36 Å². The van der Waals surface area contributed by atoms with E-state index in [1.807, 2.05) is 29.1 Å². The van der Waals surface area contributed by atoms with Gasteiger partial charge < -0.3 is 10.2 Å². The molecule has 6 nitrogen and oxygen atoms in total. The van der Waals surface area contributed by atoms with E-state index in [9.17, 15) is 4.79 Å². The summed E-state index contributed by atoms with van der Waals surface area (Å²) in [6.07, 6.45) is 10.7. The number of nitrogens with zero attached hydrogens (tertiary/aromatic N) is 4. The van der Waals surface area contributed by atoms with Crippen LogP contribution in [0.4, 0.5) is 5.13 Å². The SMILES string of the molecule is CC1CCC(NC(=O)C2CCCN(c3nnc(-n4cccc4)s3)C2)CC1. The van der Waals surface area contributed by atoms with Crippen LogP contribution in [0.25, 0.3) is 5.13 Å². The van der Waals surface area contributed by atoms with E-state index in [4.69, 9.17) is 0 Å². The first-order valence-electron chi connectivity index (χ1n) is 9.71. The summed E-state index contributed by atoms with van der Waals surface area (Å²) in [4.78, 5) is 15.0. The molecule has 2 aromatic rings. The van der Waals surface area contributed by atoms with Gasteiger partial charge in [0.2, 0.25) is 16.2 Å². The van der Waals surface area contributed by atoms with E-state index in [0.29, 0.717) is 6.04 Å². The van der Waals surface area contributed by atoms with Crippen LogP contribution in [0.2, 0.25) is 0 Å². The Labute approximate surface area is 158 Å². The van der Waals surface area contributed by atoms with Gasteiger partial charge >= 0.3 is 0 Å². The molecule has 1 atom stereocenters. The van der Waals surface area contributed by atoms with Crippen molar-refractivity contribution in [3.05, 3.63) is 24.5 Å².